The molecule has 0 saturated heterocycles. The number of aliphatic hydroxyl groups excluding tert-OH is 1. The van der Waals surface area contributed by atoms with Crippen LogP contribution in [0.5, 0.6) is 0 Å². The van der Waals surface area contributed by atoms with Gasteiger partial charge >= 0.3 is 16.5 Å². The molecule has 0 spiro atoms. The van der Waals surface area contributed by atoms with Crippen LogP contribution in [0.15, 0.2) is 12.2 Å². The van der Waals surface area contributed by atoms with Gasteiger partial charge in [-0.15, -0.1) is 0 Å². The van der Waals surface area contributed by atoms with Gasteiger partial charge in [0.15, 0.2) is 0 Å². The molecular weight excluding hydrogens is 314 g/mol. The summed E-state index contributed by atoms with van der Waals surface area (Å²) in [7, 11) is -6.47. The molecule has 0 fully saturated rings. The second-order valence-electron chi connectivity index (χ2n) is 1.64. The molecule has 2 atom stereocenters. The van der Waals surface area contributed by atoms with Crippen LogP contribution in [0.1, 0.15) is 6.92 Å². The molecule has 0 rings (SSSR count). The third-order valence-corrected chi connectivity index (χ3v) is 1.47. The largest absolute Gasteiger partial charge is 0.563 e. The van der Waals surface area contributed by atoms with E-state index in [2.05, 4.69) is 10.9 Å². The summed E-state index contributed by atoms with van der Waals surface area (Å²) in [5, 5.41) is 8.04. The molecule has 2 unspecified atom stereocenters. The van der Waals surface area contributed by atoms with Crippen molar-refractivity contribution < 1.29 is 50.7 Å². The van der Waals surface area contributed by atoms with Gasteiger partial charge in [-0.3, -0.25) is 0 Å². The Morgan fingerprint density at radius 1 is 1.46 bits per heavy atom. The summed E-state index contributed by atoms with van der Waals surface area (Å²) in [6.45, 7) is 5.31. The van der Waals surface area contributed by atoms with E-state index in [0.717, 1.165) is 5.57 Å². The van der Waals surface area contributed by atoms with Crippen LogP contribution in [-0.4, -0.2) is 11.7 Å². The smallest absolute Gasteiger partial charge is 0.543 e. The van der Waals surface area contributed by atoms with Crippen molar-refractivity contribution in [1.82, 2.24) is 0 Å². The van der Waals surface area contributed by atoms with E-state index in [1.54, 1.807) is 6.92 Å². The van der Waals surface area contributed by atoms with Crippen molar-refractivity contribution in [3.8, 4) is 0 Å². The van der Waals surface area contributed by atoms with E-state index in [4.69, 9.17) is 5.11 Å². The van der Waals surface area contributed by atoms with Crippen LogP contribution in [-0.2, 0) is 35.8 Å². The molecule has 9 heteroatoms. The first-order valence-electron chi connectivity index (χ1n) is 2.62. The maximum Gasteiger partial charge on any atom is 0.543 e. The molecule has 0 heterocycles. The fraction of sp³-hybridized carbons (Fsp3) is 0.500. The van der Waals surface area contributed by atoms with Crippen LogP contribution in [0.25, 0.3) is 0 Å². The maximum atomic E-state index is 9.24. The minimum absolute atomic E-state index is 0. The minimum Gasteiger partial charge on any atom is -0.563 e. The van der Waals surface area contributed by atoms with E-state index in [9.17, 15) is 18.9 Å². The van der Waals surface area contributed by atoms with Gasteiger partial charge < -0.3 is 14.9 Å². The molecule has 0 aromatic heterocycles. The Bertz CT molecular complexity index is 171. The summed E-state index contributed by atoms with van der Waals surface area (Å²) in [6, 6.07) is 0. The summed E-state index contributed by atoms with van der Waals surface area (Å²) >= 11 is 0. The fourth-order valence-corrected chi connectivity index (χ4v) is 0.490. The molecule has 0 saturated carbocycles. The van der Waals surface area contributed by atoms with Gasteiger partial charge in [-0.1, -0.05) is 12.2 Å². The zero-order valence-corrected chi connectivity index (χ0v) is 9.87. The van der Waals surface area contributed by atoms with Gasteiger partial charge in [0.05, 0.1) is 6.61 Å². The Morgan fingerprint density at radius 3 is 1.69 bits per heavy atom. The van der Waals surface area contributed by atoms with Crippen LogP contribution >= 0.6 is 16.5 Å². The molecule has 0 aromatic rings. The zero-order chi connectivity index (χ0) is 10.1. The average Bonchev–Trinajstić information content (AvgIpc) is 1.85. The molecule has 0 aromatic carbocycles. The molecule has 6 nitrogen and oxygen atoms in total. The second kappa shape index (κ2) is 12.5. The van der Waals surface area contributed by atoms with Crippen molar-refractivity contribution in [2.24, 2.45) is 0 Å². The first-order chi connectivity index (χ1) is 5.40. The van der Waals surface area contributed by atoms with Crippen LogP contribution in [0, 0.1) is 0 Å². The molecule has 81 valence electrons. The van der Waals surface area contributed by atoms with Crippen molar-refractivity contribution >= 4 is 16.5 Å². The second-order valence-corrected chi connectivity index (χ2v) is 3.19. The number of aliphatic hydroxyl groups is 1. The summed E-state index contributed by atoms with van der Waals surface area (Å²) in [5.41, 5.74) is 0.810. The van der Waals surface area contributed by atoms with Gasteiger partial charge in [-0.2, -0.15) is 0 Å². The fourth-order valence-electron chi connectivity index (χ4n) is 0.0544. The predicted octanol–water partition coefficient (Wildman–Crippen LogP) is -0.409. The van der Waals surface area contributed by atoms with Crippen molar-refractivity contribution in [1.29, 1.82) is 0 Å². The summed E-state index contributed by atoms with van der Waals surface area (Å²) < 4.78 is 21.6. The van der Waals surface area contributed by atoms with E-state index >= 15 is 0 Å². The number of rotatable bonds is 3. The molecule has 0 bridgehead atoms. The van der Waals surface area contributed by atoms with Crippen molar-refractivity contribution in [2.45, 2.75) is 6.92 Å². The van der Waals surface area contributed by atoms with Crippen molar-refractivity contribution in [3.63, 3.8) is 0 Å². The Balaban J connectivity index is -0.000000150. The van der Waals surface area contributed by atoms with E-state index in [1.165, 1.54) is 0 Å². The Labute approximate surface area is 93.0 Å². The van der Waals surface area contributed by atoms with Gasteiger partial charge in [0, 0.05) is 22.4 Å². The SMILES string of the molecule is C=C(C)CO.O=[P+]([O-])O[P+](=O)[O-].[Ag]. The van der Waals surface area contributed by atoms with Gasteiger partial charge in [-0.05, 0) is 16.1 Å². The maximum absolute atomic E-state index is 9.24. The van der Waals surface area contributed by atoms with E-state index in [1.807, 2.05) is 0 Å². The number of hydrogen-bond donors (Lipinski definition) is 1. The van der Waals surface area contributed by atoms with E-state index < -0.39 is 16.5 Å². The molecule has 13 heavy (non-hydrogen) atoms. The Morgan fingerprint density at radius 2 is 1.69 bits per heavy atom. The standard InChI is InChI=1S/C4H8O.Ag.O5P2/c1-4(2)3-5;;1-6(2)5-7(3)4/h5H,1,3H2,2H3;;. The predicted molar refractivity (Wildman–Crippen MR) is 38.2 cm³/mol. The van der Waals surface area contributed by atoms with Gasteiger partial charge in [-0.25, -0.2) is 0 Å². The normalized spacial score (nSPS) is 10.2. The van der Waals surface area contributed by atoms with E-state index in [0.29, 0.717) is 0 Å². The molecular formula is C4H8AgO6P2. The van der Waals surface area contributed by atoms with E-state index in [-0.39, 0.29) is 29.0 Å². The van der Waals surface area contributed by atoms with Crippen LogP contribution in [0.3, 0.4) is 0 Å². The molecule has 0 aliphatic heterocycles. The van der Waals surface area contributed by atoms with Gasteiger partial charge in [0.25, 0.3) is 0 Å². The Kier molecular flexibility index (Phi) is 18.4. The van der Waals surface area contributed by atoms with Crippen molar-refractivity contribution in [3.05, 3.63) is 12.2 Å². The topological polar surface area (TPSA) is 110 Å². The molecule has 0 amide bonds. The van der Waals surface area contributed by atoms with Gasteiger partial charge in [0.1, 0.15) is 4.31 Å². The Hall–Kier alpha value is 0.520. The molecule has 0 aliphatic rings. The van der Waals surface area contributed by atoms with Crippen LogP contribution < -0.4 is 9.79 Å². The number of hydrogen-bond acceptors (Lipinski definition) is 6. The van der Waals surface area contributed by atoms with Crippen LogP contribution in [0.4, 0.5) is 0 Å². The quantitative estimate of drug-likeness (QED) is 0.430. The monoisotopic (exact) mass is 321 g/mol. The average molecular weight is 322 g/mol. The molecule has 1 N–H and O–H groups in total. The van der Waals surface area contributed by atoms with Crippen LogP contribution in [0.2, 0.25) is 0 Å². The minimum atomic E-state index is -3.24. The van der Waals surface area contributed by atoms with Crippen molar-refractivity contribution in [2.75, 3.05) is 6.61 Å². The summed E-state index contributed by atoms with van der Waals surface area (Å²) in [6.07, 6.45) is 0. The zero-order valence-electron chi connectivity index (χ0n) is 6.60. The molecule has 1 radical (unpaired) electrons. The summed E-state index contributed by atoms with van der Waals surface area (Å²) in [5.74, 6) is 0. The molecule has 0 aliphatic carbocycles. The third-order valence-electron chi connectivity index (χ3n) is 0.403. The third kappa shape index (κ3) is 32.6. The first kappa shape index (κ1) is 19.1. The van der Waals surface area contributed by atoms with Gasteiger partial charge in [0.2, 0.25) is 0 Å². The summed E-state index contributed by atoms with van der Waals surface area (Å²) in [4.78, 5) is 18.5. The first-order valence-corrected chi connectivity index (χ1v) is 4.81.